The lowest BCUT2D eigenvalue weighted by Gasteiger charge is -2.41. The number of fused-ring (bicyclic) bond motifs is 1. The van der Waals surface area contributed by atoms with Crippen LogP contribution in [0.15, 0.2) is 25.3 Å². The highest BCUT2D eigenvalue weighted by Crippen LogP contribution is 2.67. The van der Waals surface area contributed by atoms with Crippen LogP contribution in [0, 0.1) is 17.8 Å². The van der Waals surface area contributed by atoms with E-state index in [0.717, 1.165) is 38.9 Å². The topological polar surface area (TPSA) is 93.6 Å². The van der Waals surface area contributed by atoms with E-state index in [1.165, 1.54) is 0 Å². The van der Waals surface area contributed by atoms with Gasteiger partial charge >= 0.3 is 0 Å². The van der Waals surface area contributed by atoms with Crippen LogP contribution in [-0.4, -0.2) is 130 Å². The molecule has 41 heavy (non-hydrogen) atoms. The number of rotatable bonds is 15. The van der Waals surface area contributed by atoms with E-state index in [-0.39, 0.29) is 35.5 Å². The van der Waals surface area contributed by atoms with E-state index < -0.39 is 28.7 Å². The number of likely N-dealkylation sites (tertiary alicyclic amines) is 1. The zero-order chi connectivity index (χ0) is 29.7. The average molecular weight is 591 g/mol. The lowest BCUT2D eigenvalue weighted by molar-refractivity contribution is -0.148. The molecule has 4 fully saturated rings. The maximum atomic E-state index is 14.7. The molecule has 0 aromatic carbocycles. The van der Waals surface area contributed by atoms with Crippen molar-refractivity contribution in [3.63, 3.8) is 0 Å². The molecule has 230 valence electrons. The van der Waals surface area contributed by atoms with Crippen LogP contribution in [0.25, 0.3) is 0 Å². The summed E-state index contributed by atoms with van der Waals surface area (Å²) in [4.78, 5) is 50.9. The third-order valence-corrected chi connectivity index (χ3v) is 11.7. The molecule has 0 aliphatic carbocycles. The molecule has 4 aliphatic rings. The van der Waals surface area contributed by atoms with E-state index in [1.54, 1.807) is 28.8 Å². The molecule has 0 radical (unpaired) electrons. The van der Waals surface area contributed by atoms with Gasteiger partial charge in [-0.1, -0.05) is 39.3 Å². The van der Waals surface area contributed by atoms with Gasteiger partial charge in [0.25, 0.3) is 0 Å². The van der Waals surface area contributed by atoms with Gasteiger partial charge in [0.2, 0.25) is 17.7 Å². The summed E-state index contributed by atoms with van der Waals surface area (Å²) in [5.41, 5.74) is 0. The predicted octanol–water partition coefficient (Wildman–Crippen LogP) is 2.26. The molecule has 10 heteroatoms. The molecule has 1 spiro atoms. The van der Waals surface area contributed by atoms with Crippen molar-refractivity contribution in [1.82, 2.24) is 19.6 Å². The monoisotopic (exact) mass is 590 g/mol. The Balaban J connectivity index is 1.71. The summed E-state index contributed by atoms with van der Waals surface area (Å²) in [5, 5.41) is 10.6. The minimum absolute atomic E-state index is 0.00317. The molecular weight excluding hydrogens is 540 g/mol. The Morgan fingerprint density at radius 1 is 1.15 bits per heavy atom. The molecule has 4 aliphatic heterocycles. The normalized spacial score (nSPS) is 30.6. The third kappa shape index (κ3) is 5.99. The molecule has 4 rings (SSSR count). The van der Waals surface area contributed by atoms with E-state index in [4.69, 9.17) is 4.74 Å². The first-order chi connectivity index (χ1) is 19.8. The largest absolute Gasteiger partial charge is 0.394 e. The van der Waals surface area contributed by atoms with Gasteiger partial charge in [-0.3, -0.25) is 19.3 Å². The molecule has 0 saturated carbocycles. The Morgan fingerprint density at radius 3 is 2.39 bits per heavy atom. The van der Waals surface area contributed by atoms with Crippen molar-refractivity contribution in [3.8, 4) is 0 Å². The number of hydrogen-bond acceptors (Lipinski definition) is 7. The molecule has 7 atom stereocenters. The van der Waals surface area contributed by atoms with Crippen molar-refractivity contribution in [1.29, 1.82) is 0 Å². The second-order valence-corrected chi connectivity index (χ2v) is 13.6. The van der Waals surface area contributed by atoms with Crippen LogP contribution in [0.1, 0.15) is 46.5 Å². The van der Waals surface area contributed by atoms with E-state index in [2.05, 4.69) is 18.1 Å². The number of thioether (sulfide) groups is 1. The average Bonchev–Trinajstić information content (AvgIpc) is 3.63. The molecule has 0 aromatic heterocycles. The van der Waals surface area contributed by atoms with Gasteiger partial charge in [0.05, 0.1) is 42.4 Å². The number of carbonyl (C=O) groups excluding carboxylic acids is 3. The molecule has 2 bridgehead atoms. The van der Waals surface area contributed by atoms with Crippen molar-refractivity contribution in [2.75, 3.05) is 65.6 Å². The van der Waals surface area contributed by atoms with Crippen LogP contribution >= 0.6 is 11.8 Å². The number of aliphatic hydroxyl groups is 1. The summed E-state index contributed by atoms with van der Waals surface area (Å²) in [6.45, 7) is 19.4. The van der Waals surface area contributed by atoms with E-state index in [0.29, 0.717) is 45.8 Å². The van der Waals surface area contributed by atoms with Crippen LogP contribution in [0.3, 0.4) is 0 Å². The van der Waals surface area contributed by atoms with E-state index >= 15 is 0 Å². The fourth-order valence-electron chi connectivity index (χ4n) is 7.46. The Labute approximate surface area is 250 Å². The summed E-state index contributed by atoms with van der Waals surface area (Å²) in [7, 11) is 0. The first kappa shape index (κ1) is 32.0. The van der Waals surface area contributed by atoms with Gasteiger partial charge in [-0.05, 0) is 25.2 Å². The molecule has 4 heterocycles. The van der Waals surface area contributed by atoms with Crippen LogP contribution in [0.5, 0.6) is 0 Å². The predicted molar refractivity (Wildman–Crippen MR) is 162 cm³/mol. The second-order valence-electron chi connectivity index (χ2n) is 12.0. The number of aliphatic hydroxyl groups excluding tert-OH is 1. The van der Waals surface area contributed by atoms with E-state index in [9.17, 15) is 19.5 Å². The van der Waals surface area contributed by atoms with Crippen LogP contribution in [0.2, 0.25) is 0 Å². The van der Waals surface area contributed by atoms with Crippen molar-refractivity contribution < 1.29 is 24.2 Å². The molecule has 9 nitrogen and oxygen atoms in total. The first-order valence-corrected chi connectivity index (χ1v) is 16.4. The molecule has 0 aromatic rings. The van der Waals surface area contributed by atoms with E-state index in [1.807, 2.05) is 30.6 Å². The van der Waals surface area contributed by atoms with Gasteiger partial charge < -0.3 is 24.5 Å². The van der Waals surface area contributed by atoms with Crippen molar-refractivity contribution in [2.45, 2.75) is 68.5 Å². The lowest BCUT2D eigenvalue weighted by atomic mass is 9.70. The Hall–Kier alpha value is -1.88. The number of ether oxygens (including phenoxy) is 1. The van der Waals surface area contributed by atoms with Crippen molar-refractivity contribution >= 4 is 29.5 Å². The maximum absolute atomic E-state index is 14.7. The molecule has 1 N–H and O–H groups in total. The fraction of sp³-hybridized carbons (Fsp3) is 0.774. The van der Waals surface area contributed by atoms with Crippen molar-refractivity contribution in [3.05, 3.63) is 25.3 Å². The van der Waals surface area contributed by atoms with Gasteiger partial charge in [-0.15, -0.1) is 24.9 Å². The van der Waals surface area contributed by atoms with Gasteiger partial charge in [0.1, 0.15) is 6.04 Å². The summed E-state index contributed by atoms with van der Waals surface area (Å²) in [6, 6.07) is -1.20. The number of amides is 3. The number of carbonyl (C=O) groups is 3. The first-order valence-electron chi connectivity index (χ1n) is 15.5. The Kier molecular flexibility index (Phi) is 11.0. The van der Waals surface area contributed by atoms with Crippen molar-refractivity contribution in [2.24, 2.45) is 17.8 Å². The summed E-state index contributed by atoms with van der Waals surface area (Å²) >= 11 is 1.69. The Bertz CT molecular complexity index is 974. The number of hydrogen-bond donors (Lipinski definition) is 1. The SMILES string of the molecule is C=CCN(CCN1CCOCC1)C(=O)C1N([C@@H](CO)[C@@H](C)CC)C(=O)[C@@H]2[C@@H](C(=O)N(CC=C)CCC)[C@H]3CCC12S3. The summed E-state index contributed by atoms with van der Waals surface area (Å²) in [6.07, 6.45) is 6.60. The lowest BCUT2D eigenvalue weighted by Crippen LogP contribution is -2.59. The molecule has 3 amide bonds. The maximum Gasteiger partial charge on any atom is 0.247 e. The van der Waals surface area contributed by atoms with Crippen LogP contribution < -0.4 is 0 Å². The smallest absolute Gasteiger partial charge is 0.247 e. The fourth-order valence-corrected chi connectivity index (χ4v) is 9.65. The standard InChI is InChI=1S/C31H50N4O5S/c1-6-12-33(13-7-2)28(37)25-24-10-11-31(41-24)26(25)29(38)35(23(21-36)22(5)9-4)27(31)30(39)34(14-8-3)16-15-32-17-19-40-20-18-32/h6,8,22-27,36H,1,3,7,9-21H2,2,4-5H3/t22-,23-,24+,25-,26-,27?,31?/m0/s1. The highest BCUT2D eigenvalue weighted by Gasteiger charge is 2.74. The van der Waals surface area contributed by atoms with Crippen LogP contribution in [0.4, 0.5) is 0 Å². The summed E-state index contributed by atoms with van der Waals surface area (Å²) in [5.74, 6) is -1.27. The van der Waals surface area contributed by atoms with Gasteiger partial charge in [0.15, 0.2) is 0 Å². The molecule has 2 unspecified atom stereocenters. The van der Waals surface area contributed by atoms with Crippen LogP contribution in [-0.2, 0) is 19.1 Å². The zero-order valence-corrected chi connectivity index (χ0v) is 26.0. The number of morpholine rings is 1. The second kappa shape index (κ2) is 14.1. The minimum Gasteiger partial charge on any atom is -0.394 e. The zero-order valence-electron chi connectivity index (χ0n) is 25.2. The summed E-state index contributed by atoms with van der Waals surface area (Å²) < 4.78 is 4.82. The minimum atomic E-state index is -0.720. The van der Waals surface area contributed by atoms with Gasteiger partial charge in [-0.25, -0.2) is 0 Å². The highest BCUT2D eigenvalue weighted by molar-refractivity contribution is 8.02. The molecule has 4 saturated heterocycles. The molecular formula is C31H50N4O5S. The highest BCUT2D eigenvalue weighted by atomic mass is 32.2. The number of nitrogens with zero attached hydrogens (tertiary/aromatic N) is 4. The Morgan fingerprint density at radius 2 is 1.80 bits per heavy atom. The van der Waals surface area contributed by atoms with Gasteiger partial charge in [-0.2, -0.15) is 0 Å². The third-order valence-electron chi connectivity index (χ3n) is 9.71. The van der Waals surface area contributed by atoms with Gasteiger partial charge in [0, 0.05) is 51.1 Å². The quantitative estimate of drug-likeness (QED) is 0.293.